The number of hydrogen-bond donors (Lipinski definition) is 2. The van der Waals surface area contributed by atoms with Crippen LogP contribution < -0.4 is 4.74 Å². The van der Waals surface area contributed by atoms with Crippen LogP contribution in [0, 0.1) is 0 Å². The molecule has 1 aliphatic rings. The van der Waals surface area contributed by atoms with Gasteiger partial charge in [0.05, 0.1) is 28.0 Å². The van der Waals surface area contributed by atoms with E-state index in [0.717, 1.165) is 28.4 Å². The molecule has 4 rings (SSSR count). The Bertz CT molecular complexity index is 1100. The van der Waals surface area contributed by atoms with Gasteiger partial charge in [-0.05, 0) is 70.9 Å². The van der Waals surface area contributed by atoms with Gasteiger partial charge in [-0.1, -0.05) is 35.9 Å². The molecule has 5 nitrogen and oxygen atoms in total. The number of halogens is 1. The van der Waals surface area contributed by atoms with Crippen molar-refractivity contribution < 1.29 is 13.8 Å². The Morgan fingerprint density at radius 2 is 1.59 bits per heavy atom. The highest BCUT2D eigenvalue weighted by Crippen LogP contribution is 2.69. The molecule has 0 aliphatic carbocycles. The van der Waals surface area contributed by atoms with Crippen LogP contribution in [-0.2, 0) is 0 Å². The lowest BCUT2D eigenvalue weighted by molar-refractivity contribution is 0.318. The van der Waals surface area contributed by atoms with Crippen molar-refractivity contribution >= 4 is 22.2 Å². The van der Waals surface area contributed by atoms with Crippen molar-refractivity contribution in [2.45, 2.75) is 55.9 Å². The first-order chi connectivity index (χ1) is 15.0. The van der Waals surface area contributed by atoms with Crippen molar-refractivity contribution in [1.82, 2.24) is 9.78 Å². The monoisotopic (exact) mass is 474 g/mol. The molecule has 1 fully saturated rings. The van der Waals surface area contributed by atoms with Crippen LogP contribution in [0.3, 0.4) is 0 Å². The molecule has 0 bridgehead atoms. The number of methoxy groups -OCH3 is 1. The quantitative estimate of drug-likeness (QED) is 0.413. The number of nitrogens with zero attached hydrogens (tertiary/aromatic N) is 2. The van der Waals surface area contributed by atoms with Gasteiger partial charge in [-0.25, -0.2) is 4.68 Å². The molecule has 0 radical (unpaired) electrons. The highest BCUT2D eigenvalue weighted by molar-refractivity contribution is 8.26. The lowest BCUT2D eigenvalue weighted by Crippen LogP contribution is -2.47. The van der Waals surface area contributed by atoms with Gasteiger partial charge in [0.2, 0.25) is 0 Å². The van der Waals surface area contributed by atoms with Crippen molar-refractivity contribution in [2.75, 3.05) is 7.11 Å². The molecule has 2 heterocycles. The molecule has 1 saturated heterocycles. The molecular weight excluding hydrogens is 444 g/mol. The van der Waals surface area contributed by atoms with E-state index in [1.165, 1.54) is 0 Å². The van der Waals surface area contributed by atoms with Gasteiger partial charge in [0.25, 0.3) is 0 Å². The van der Waals surface area contributed by atoms with Gasteiger partial charge in [-0.2, -0.15) is 15.7 Å². The van der Waals surface area contributed by atoms with Crippen molar-refractivity contribution in [3.05, 3.63) is 65.3 Å². The van der Waals surface area contributed by atoms with E-state index in [4.69, 9.17) is 21.4 Å². The zero-order valence-electron chi connectivity index (χ0n) is 19.2. The van der Waals surface area contributed by atoms with Crippen molar-refractivity contribution in [3.63, 3.8) is 0 Å². The van der Waals surface area contributed by atoms with Crippen molar-refractivity contribution in [2.24, 2.45) is 0 Å². The van der Waals surface area contributed by atoms with Gasteiger partial charge >= 0.3 is 0 Å². The Labute approximate surface area is 196 Å². The molecule has 0 saturated carbocycles. The smallest absolute Gasteiger partial charge is 0.144 e. The minimum atomic E-state index is -2.77. The topological polar surface area (TPSA) is 67.5 Å². The van der Waals surface area contributed by atoms with E-state index in [-0.39, 0.29) is 5.92 Å². The van der Waals surface area contributed by atoms with Gasteiger partial charge in [0.15, 0.2) is 0 Å². The molecule has 0 unspecified atom stereocenters. The molecule has 0 amide bonds. The average molecular weight is 475 g/mol. The number of hydrogen-bond acceptors (Lipinski definition) is 4. The van der Waals surface area contributed by atoms with Gasteiger partial charge in [0.1, 0.15) is 11.4 Å². The summed E-state index contributed by atoms with van der Waals surface area (Å²) in [4.78, 5) is 0. The third kappa shape index (κ3) is 3.83. The van der Waals surface area contributed by atoms with E-state index in [0.29, 0.717) is 17.9 Å². The second-order valence-electron chi connectivity index (χ2n) is 9.72. The van der Waals surface area contributed by atoms with Crippen LogP contribution in [0.2, 0.25) is 5.02 Å². The van der Waals surface area contributed by atoms with Crippen LogP contribution >= 0.6 is 22.2 Å². The second kappa shape index (κ2) is 8.10. The number of ether oxygens (including phenoxy) is 1. The summed E-state index contributed by atoms with van der Waals surface area (Å²) in [5.41, 5.74) is 3.73. The van der Waals surface area contributed by atoms with Crippen molar-refractivity contribution in [1.29, 1.82) is 0 Å². The molecule has 2 N–H and O–H groups in total. The van der Waals surface area contributed by atoms with E-state index in [1.54, 1.807) is 7.11 Å². The minimum Gasteiger partial charge on any atom is -0.494 e. The number of para-hydroxylation sites is 2. The summed E-state index contributed by atoms with van der Waals surface area (Å²) in [5.74, 6) is 0.831. The first-order valence-corrected chi connectivity index (χ1v) is 12.7. The first-order valence-electron chi connectivity index (χ1n) is 10.7. The Morgan fingerprint density at radius 3 is 2.19 bits per heavy atom. The summed E-state index contributed by atoms with van der Waals surface area (Å²) in [7, 11) is -1.12. The lowest BCUT2D eigenvalue weighted by atomic mass is 9.85. The van der Waals surface area contributed by atoms with Gasteiger partial charge in [0, 0.05) is 16.5 Å². The molecule has 32 heavy (non-hydrogen) atoms. The summed E-state index contributed by atoms with van der Waals surface area (Å²) in [6.45, 7) is 7.81. The van der Waals surface area contributed by atoms with Crippen LogP contribution in [0.25, 0.3) is 16.9 Å². The van der Waals surface area contributed by atoms with Crippen molar-refractivity contribution in [3.8, 4) is 22.7 Å². The first kappa shape index (κ1) is 23.2. The highest BCUT2D eigenvalue weighted by Gasteiger charge is 2.52. The average Bonchev–Trinajstić information content (AvgIpc) is 3.17. The summed E-state index contributed by atoms with van der Waals surface area (Å²) >= 11 is 6.13. The van der Waals surface area contributed by atoms with Gasteiger partial charge in [-0.3, -0.25) is 9.11 Å². The van der Waals surface area contributed by atoms with Gasteiger partial charge in [-0.15, -0.1) is 0 Å². The summed E-state index contributed by atoms with van der Waals surface area (Å²) < 4.78 is 28.3. The molecule has 0 atom stereocenters. The SMILES string of the molecule is COc1ccccc1-n1nc(C2CC(C)(C)S(O)(O)C(C)(C)C2)cc1-c1ccc(Cl)cc1. The third-order valence-electron chi connectivity index (χ3n) is 6.62. The van der Waals surface area contributed by atoms with Crippen LogP contribution in [0.1, 0.15) is 52.1 Å². The highest BCUT2D eigenvalue weighted by atomic mass is 35.5. The fourth-order valence-corrected chi connectivity index (χ4v) is 7.35. The predicted octanol–water partition coefficient (Wildman–Crippen LogP) is 7.39. The summed E-state index contributed by atoms with van der Waals surface area (Å²) in [5, 5.41) is 5.72. The Kier molecular flexibility index (Phi) is 5.87. The van der Waals surface area contributed by atoms with E-state index in [2.05, 4.69) is 6.07 Å². The van der Waals surface area contributed by atoms with Crippen LogP contribution in [0.15, 0.2) is 54.6 Å². The van der Waals surface area contributed by atoms with E-state index < -0.39 is 20.1 Å². The fraction of sp³-hybridized carbons (Fsp3) is 0.400. The van der Waals surface area contributed by atoms with E-state index in [1.807, 2.05) is 80.9 Å². The lowest BCUT2D eigenvalue weighted by Gasteiger charge is -2.61. The largest absolute Gasteiger partial charge is 0.494 e. The minimum absolute atomic E-state index is 0.0990. The number of rotatable bonds is 4. The molecule has 2 aromatic carbocycles. The number of aromatic nitrogens is 2. The Hall–Kier alpha value is -1.99. The number of benzene rings is 2. The maximum Gasteiger partial charge on any atom is 0.144 e. The van der Waals surface area contributed by atoms with Crippen LogP contribution in [0.5, 0.6) is 5.75 Å². The molecule has 0 spiro atoms. The Balaban J connectivity index is 1.86. The second-order valence-corrected chi connectivity index (χ2v) is 13.5. The summed E-state index contributed by atoms with van der Waals surface area (Å²) in [6.07, 6.45) is 1.31. The molecule has 3 aromatic rings. The van der Waals surface area contributed by atoms with Gasteiger partial charge < -0.3 is 4.74 Å². The zero-order chi connectivity index (χ0) is 23.3. The maximum atomic E-state index is 11.0. The third-order valence-corrected chi connectivity index (χ3v) is 10.3. The fourth-order valence-electron chi connectivity index (χ4n) is 4.86. The molecule has 1 aliphatic heterocycles. The standard InChI is InChI=1S/C25H31ClN2O3S/c1-24(2)15-18(16-25(3,4)32(24,29)30)20-14-22(17-10-12-19(26)13-11-17)28(27-20)21-8-6-7-9-23(21)31-5/h6-14,18,29-30H,15-16H2,1-5H3. The molecule has 7 heteroatoms. The predicted molar refractivity (Wildman–Crippen MR) is 134 cm³/mol. The van der Waals surface area contributed by atoms with Crippen LogP contribution in [-0.4, -0.2) is 35.5 Å². The van der Waals surface area contributed by atoms with Crippen LogP contribution in [0.4, 0.5) is 0 Å². The zero-order valence-corrected chi connectivity index (χ0v) is 20.7. The molecule has 1 aromatic heterocycles. The maximum absolute atomic E-state index is 11.0. The molecular formula is C25H31ClN2O3S. The normalized spacial score (nSPS) is 20.6. The summed E-state index contributed by atoms with van der Waals surface area (Å²) in [6, 6.07) is 17.6. The van der Waals surface area contributed by atoms with E-state index >= 15 is 0 Å². The molecule has 172 valence electrons. The van der Waals surface area contributed by atoms with E-state index in [9.17, 15) is 9.11 Å². The Morgan fingerprint density at radius 1 is 1.00 bits per heavy atom.